The smallest absolute Gasteiger partial charge is 0.182 e. The van der Waals surface area contributed by atoms with Crippen LogP contribution in [0.1, 0.15) is 74.9 Å². The van der Waals surface area contributed by atoms with E-state index in [2.05, 4.69) is 339 Å². The molecule has 0 radical (unpaired) electrons. The number of nitrogens with zero attached hydrogens (tertiary/aromatic N) is 12. The summed E-state index contributed by atoms with van der Waals surface area (Å²) in [5.74, 6) is 5.39. The molecule has 0 aliphatic heterocycles. The van der Waals surface area contributed by atoms with Gasteiger partial charge >= 0.3 is 0 Å². The molecule has 6 aromatic heterocycles. The molecule has 0 amide bonds. The van der Waals surface area contributed by atoms with Crippen LogP contribution in [0.15, 0.2) is 449 Å². The van der Waals surface area contributed by atoms with Gasteiger partial charge in [0.15, 0.2) is 52.4 Å². The molecule has 26 rings (SSSR count). The molecule has 0 saturated heterocycles. The van der Waals surface area contributed by atoms with E-state index in [4.69, 9.17) is 59.8 Å². The van der Waals surface area contributed by atoms with E-state index in [-0.39, 0.29) is 16.2 Å². The molecule has 141 heavy (non-hydrogen) atoms. The summed E-state index contributed by atoms with van der Waals surface area (Å²) in [7, 11) is 0. The fraction of sp³-hybridized carbons (Fsp3) is 0.0698. The second kappa shape index (κ2) is 35.6. The maximum Gasteiger partial charge on any atom is 0.182 e. The van der Waals surface area contributed by atoms with E-state index in [9.17, 15) is 0 Å². The van der Waals surface area contributed by atoms with Gasteiger partial charge in [0.25, 0.3) is 0 Å². The maximum atomic E-state index is 5.33. The zero-order chi connectivity index (χ0) is 94.9. The largest absolute Gasteiger partial charge is 0.255 e. The highest BCUT2D eigenvalue weighted by atomic mass is 15.1. The molecule has 12 heteroatoms. The third-order valence-electron chi connectivity index (χ3n) is 28.1. The number of hydrogen-bond acceptors (Lipinski definition) is 12. The lowest BCUT2D eigenvalue weighted by molar-refractivity contribution is 0.661. The second-order valence-electron chi connectivity index (χ2n) is 37.7. The Morgan fingerprint density at radius 2 is 0.376 bits per heavy atom. The van der Waals surface area contributed by atoms with Gasteiger partial charge in [-0.3, -0.25) is 4.98 Å². The van der Waals surface area contributed by atoms with Gasteiger partial charge in [-0.15, -0.1) is 0 Å². The molecule has 0 unspecified atom stereocenters. The van der Waals surface area contributed by atoms with Crippen molar-refractivity contribution in [3.05, 3.63) is 482 Å². The molecule has 6 heterocycles. The first kappa shape index (κ1) is 85.9. The van der Waals surface area contributed by atoms with Crippen molar-refractivity contribution in [2.45, 2.75) is 57.8 Å². The van der Waals surface area contributed by atoms with Gasteiger partial charge in [0.05, 0.1) is 17.1 Å². The zero-order valence-corrected chi connectivity index (χ0v) is 78.6. The molecule has 3 aliphatic carbocycles. The van der Waals surface area contributed by atoms with Gasteiger partial charge in [0.1, 0.15) is 11.4 Å². The van der Waals surface area contributed by atoms with E-state index in [0.717, 1.165) is 83.8 Å². The van der Waals surface area contributed by atoms with Crippen LogP contribution in [-0.4, -0.2) is 59.8 Å². The molecule has 12 nitrogen and oxygen atoms in total. The number of rotatable bonds is 14. The van der Waals surface area contributed by atoms with Crippen LogP contribution in [-0.2, 0) is 16.2 Å². The van der Waals surface area contributed by atoms with Gasteiger partial charge in [-0.1, -0.05) is 430 Å². The summed E-state index contributed by atoms with van der Waals surface area (Å²) in [5, 5.41) is 7.19. The monoisotopic (exact) mass is 1810 g/mol. The molecule has 668 valence electrons. The predicted octanol–water partition coefficient (Wildman–Crippen LogP) is 31.5. The lowest BCUT2D eigenvalue weighted by atomic mass is 9.81. The van der Waals surface area contributed by atoms with Gasteiger partial charge in [0.2, 0.25) is 0 Å². The Morgan fingerprint density at radius 1 is 0.149 bits per heavy atom. The predicted molar refractivity (Wildman–Crippen MR) is 574 cm³/mol. The van der Waals surface area contributed by atoms with Crippen LogP contribution in [0, 0.1) is 0 Å². The van der Waals surface area contributed by atoms with Crippen LogP contribution < -0.4 is 0 Å². The van der Waals surface area contributed by atoms with Crippen LogP contribution in [0.4, 0.5) is 0 Å². The van der Waals surface area contributed by atoms with Crippen LogP contribution in [0.25, 0.3) is 224 Å². The van der Waals surface area contributed by atoms with Crippen molar-refractivity contribution < 1.29 is 0 Å². The summed E-state index contributed by atoms with van der Waals surface area (Å²) in [6, 6.07) is 154. The minimum Gasteiger partial charge on any atom is -0.255 e. The van der Waals surface area contributed by atoms with E-state index in [1.807, 2.05) is 152 Å². The minimum absolute atomic E-state index is 0.112. The van der Waals surface area contributed by atoms with Crippen LogP contribution in [0.5, 0.6) is 0 Å². The topological polar surface area (TPSA) is 155 Å². The molecule has 0 N–H and O–H groups in total. The molecule has 0 saturated carbocycles. The lowest BCUT2D eigenvalue weighted by Gasteiger charge is -2.22. The number of hydrogen-bond donors (Lipinski definition) is 0. The van der Waals surface area contributed by atoms with Crippen molar-refractivity contribution in [3.63, 3.8) is 0 Å². The first-order valence-corrected chi connectivity index (χ1v) is 47.9. The average molecular weight is 1810 g/mol. The number of benzene rings is 17. The summed E-state index contributed by atoms with van der Waals surface area (Å²) in [4.78, 5) is 60.4. The first-order valence-electron chi connectivity index (χ1n) is 47.9. The molecular formula is C129H92N12. The van der Waals surface area contributed by atoms with Crippen molar-refractivity contribution in [3.8, 4) is 192 Å². The number of fused-ring (bicyclic) bond motifs is 12. The van der Waals surface area contributed by atoms with E-state index in [0.29, 0.717) is 63.8 Å². The van der Waals surface area contributed by atoms with Crippen LogP contribution in [0.3, 0.4) is 0 Å². The summed E-state index contributed by atoms with van der Waals surface area (Å²) in [6.45, 7) is 13.9. The van der Waals surface area contributed by atoms with E-state index in [1.165, 1.54) is 110 Å². The Hall–Kier alpha value is -18.0. The first-order chi connectivity index (χ1) is 69.2. The Kier molecular flexibility index (Phi) is 21.7. The Balaban J connectivity index is 0.000000115. The second-order valence-corrected chi connectivity index (χ2v) is 37.7. The quantitative estimate of drug-likeness (QED) is 0.102. The SMILES string of the molecule is CC1(C)c2ccccc2-c2c1cc1ccccc1c2-c1ccc(-c2nc(-c3ccccc3)nc(-c3ccc(-c4ccccc4)cc3)n2)cn1.CC1(C)c2ccccc2-c2c1cc1ccccc1c2-c1cccc(-c2nc(-c3ccccc3)nc(-c3ccc(-c4ccccc4)cc3)n2)n1.CC1(C)c2ccccc2-c2c1cc1ccccc1c2-c1cccc(-c2nc(-c3ccccc3)nc(-c3ccccc3)n2)n1. The normalized spacial score (nSPS) is 12.9. The molecule has 17 aromatic carbocycles. The molecule has 23 aromatic rings. The third-order valence-corrected chi connectivity index (χ3v) is 28.1. The average Bonchev–Trinajstić information content (AvgIpc) is 1.56. The van der Waals surface area contributed by atoms with Crippen LogP contribution >= 0.6 is 0 Å². The van der Waals surface area contributed by atoms with Gasteiger partial charge < -0.3 is 0 Å². The van der Waals surface area contributed by atoms with Gasteiger partial charge in [-0.25, -0.2) is 54.8 Å². The van der Waals surface area contributed by atoms with Gasteiger partial charge in [0, 0.05) is 78.1 Å². The van der Waals surface area contributed by atoms with Crippen molar-refractivity contribution in [1.29, 1.82) is 0 Å². The van der Waals surface area contributed by atoms with E-state index < -0.39 is 0 Å². The fourth-order valence-electron chi connectivity index (χ4n) is 20.9. The minimum atomic E-state index is -0.133. The highest BCUT2D eigenvalue weighted by Crippen LogP contribution is 2.58. The molecule has 0 spiro atoms. The Labute approximate surface area is 818 Å². The summed E-state index contributed by atoms with van der Waals surface area (Å²) in [6.07, 6.45) is 1.90. The van der Waals surface area contributed by atoms with Crippen molar-refractivity contribution in [2.75, 3.05) is 0 Å². The van der Waals surface area contributed by atoms with Gasteiger partial charge in [-0.2, -0.15) is 0 Å². The molecule has 0 bridgehead atoms. The Bertz CT molecular complexity index is 8700. The van der Waals surface area contributed by atoms with Crippen molar-refractivity contribution in [1.82, 2.24) is 59.8 Å². The zero-order valence-electron chi connectivity index (χ0n) is 78.6. The van der Waals surface area contributed by atoms with Crippen LogP contribution in [0.2, 0.25) is 0 Å². The number of pyridine rings is 3. The van der Waals surface area contributed by atoms with Gasteiger partial charge in [-0.05, 0) is 176 Å². The van der Waals surface area contributed by atoms with E-state index >= 15 is 0 Å². The summed E-state index contributed by atoms with van der Waals surface area (Å²) >= 11 is 0. The highest BCUT2D eigenvalue weighted by molar-refractivity contribution is 6.11. The molecule has 0 fully saturated rings. The Morgan fingerprint density at radius 3 is 0.681 bits per heavy atom. The molecular weight excluding hydrogens is 1720 g/mol. The van der Waals surface area contributed by atoms with Crippen molar-refractivity contribution >= 4 is 32.3 Å². The number of aromatic nitrogens is 12. The van der Waals surface area contributed by atoms with Crippen molar-refractivity contribution in [2.24, 2.45) is 0 Å². The lowest BCUT2D eigenvalue weighted by Crippen LogP contribution is -2.15. The molecule has 0 atom stereocenters. The van der Waals surface area contributed by atoms with E-state index in [1.54, 1.807) is 0 Å². The third kappa shape index (κ3) is 15.7. The fourth-order valence-corrected chi connectivity index (χ4v) is 20.9. The molecule has 3 aliphatic rings. The maximum absolute atomic E-state index is 5.33. The highest BCUT2D eigenvalue weighted by Gasteiger charge is 2.42. The summed E-state index contributed by atoms with van der Waals surface area (Å²) < 4.78 is 0. The standard InChI is InChI=1S/2C45H32N4.C39H28N4/c1-45(2)36-21-12-11-20-35(36)40-37(45)28-33-18-9-10-19-34(33)41(40)38-22-13-23-39(46-38)44-48-42(31-16-7-4-8-17-31)47-43(49-44)32-26-24-30(25-27-32)29-14-5-3-6-15-29;1-45(2)37-20-12-11-19-36(37)40-38(45)27-33-17-9-10-18-35(33)41(40)39-26-25-34(28-46-39)44-48-42(31-15-7-4-8-16-31)47-43(49-44)32-23-21-30(22-24-32)29-13-5-3-6-14-29;1-39(2)30-21-12-11-20-29(30)34-31(39)24-27-18-9-10-19-28(27)35(34)32-22-13-23-33(40-32)38-42-36(25-14-5-3-6-15-25)41-37(43-38)26-16-7-4-8-17-26/h2*3-28H,1-2H3;3-24H,1-2H3. The summed E-state index contributed by atoms with van der Waals surface area (Å²) in [5.41, 5.74) is 33.9.